The Kier molecular flexibility index (Phi) is 3.12. The lowest BCUT2D eigenvalue weighted by molar-refractivity contribution is -0.153. The van der Waals surface area contributed by atoms with E-state index in [2.05, 4.69) is 10.4 Å². The number of aromatic nitrogens is 2. The summed E-state index contributed by atoms with van der Waals surface area (Å²) < 4.78 is 1.74. The highest BCUT2D eigenvalue weighted by Crippen LogP contribution is 2.20. The van der Waals surface area contributed by atoms with Crippen molar-refractivity contribution in [2.75, 3.05) is 0 Å². The number of nitrogens with one attached hydrogen (secondary N) is 1. The van der Waals surface area contributed by atoms with Crippen LogP contribution in [0.15, 0.2) is 6.07 Å². The molecular formula is C13H20N4O2. The molecule has 0 saturated carbocycles. The number of piperazine rings is 1. The summed E-state index contributed by atoms with van der Waals surface area (Å²) >= 11 is 0. The highest BCUT2D eigenvalue weighted by atomic mass is 16.2. The van der Waals surface area contributed by atoms with E-state index in [-0.39, 0.29) is 11.8 Å². The second-order valence-electron chi connectivity index (χ2n) is 5.62. The van der Waals surface area contributed by atoms with E-state index in [1.54, 1.807) is 30.4 Å². The molecule has 0 aliphatic carbocycles. The maximum absolute atomic E-state index is 12.4. The van der Waals surface area contributed by atoms with Gasteiger partial charge in [0.05, 0.1) is 17.9 Å². The van der Waals surface area contributed by atoms with Gasteiger partial charge in [-0.2, -0.15) is 5.10 Å². The van der Waals surface area contributed by atoms with Gasteiger partial charge < -0.3 is 10.2 Å². The Bertz CT molecular complexity index is 533. The lowest BCUT2D eigenvalue weighted by atomic mass is 9.97. The molecule has 1 atom stereocenters. The van der Waals surface area contributed by atoms with E-state index in [4.69, 9.17) is 0 Å². The first-order valence-electron chi connectivity index (χ1n) is 6.35. The zero-order valence-corrected chi connectivity index (χ0v) is 12.0. The lowest BCUT2D eigenvalue weighted by Crippen LogP contribution is -2.67. The van der Waals surface area contributed by atoms with Gasteiger partial charge in [-0.05, 0) is 33.8 Å². The van der Waals surface area contributed by atoms with Gasteiger partial charge in [0, 0.05) is 7.05 Å². The molecule has 1 unspecified atom stereocenters. The third-order valence-corrected chi connectivity index (χ3v) is 3.51. The minimum Gasteiger partial charge on any atom is -0.340 e. The van der Waals surface area contributed by atoms with Crippen molar-refractivity contribution in [3.05, 3.63) is 17.5 Å². The van der Waals surface area contributed by atoms with E-state index < -0.39 is 11.6 Å². The van der Waals surface area contributed by atoms with Crippen LogP contribution in [0.5, 0.6) is 0 Å². The highest BCUT2D eigenvalue weighted by Gasteiger charge is 2.43. The minimum atomic E-state index is -0.850. The fourth-order valence-corrected chi connectivity index (χ4v) is 2.34. The summed E-state index contributed by atoms with van der Waals surface area (Å²) in [6.07, 6.45) is 0. The maximum atomic E-state index is 12.4. The summed E-state index contributed by atoms with van der Waals surface area (Å²) in [4.78, 5) is 25.9. The Hall–Kier alpha value is -1.85. The van der Waals surface area contributed by atoms with Crippen LogP contribution >= 0.6 is 0 Å². The van der Waals surface area contributed by atoms with Crippen molar-refractivity contribution in [2.24, 2.45) is 7.05 Å². The van der Waals surface area contributed by atoms with Crippen LogP contribution in [0.2, 0.25) is 0 Å². The van der Waals surface area contributed by atoms with Crippen molar-refractivity contribution in [2.45, 2.75) is 45.8 Å². The number of carbonyl (C=O) groups is 2. The number of hydrogen-bond donors (Lipinski definition) is 1. The van der Waals surface area contributed by atoms with Gasteiger partial charge in [-0.3, -0.25) is 14.3 Å². The quantitative estimate of drug-likeness (QED) is 0.838. The summed E-state index contributed by atoms with van der Waals surface area (Å²) in [5.74, 6) is -0.193. The van der Waals surface area contributed by atoms with Crippen LogP contribution in [0.25, 0.3) is 0 Å². The molecule has 1 saturated heterocycles. The number of nitrogens with zero attached hydrogens (tertiary/aromatic N) is 3. The summed E-state index contributed by atoms with van der Waals surface area (Å²) in [6.45, 7) is 7.49. The topological polar surface area (TPSA) is 67.2 Å². The zero-order chi connectivity index (χ0) is 14.4. The first kappa shape index (κ1) is 13.6. The summed E-state index contributed by atoms with van der Waals surface area (Å²) in [6, 6.07) is 1.47. The predicted molar refractivity (Wildman–Crippen MR) is 70.2 cm³/mol. The van der Waals surface area contributed by atoms with Gasteiger partial charge in [0.25, 0.3) is 0 Å². The van der Waals surface area contributed by atoms with Crippen LogP contribution < -0.4 is 5.32 Å². The van der Waals surface area contributed by atoms with E-state index in [0.717, 1.165) is 11.4 Å². The van der Waals surface area contributed by atoms with Crippen LogP contribution in [0.3, 0.4) is 0 Å². The Morgan fingerprint density at radius 1 is 1.42 bits per heavy atom. The molecule has 0 bridgehead atoms. The van der Waals surface area contributed by atoms with Crippen molar-refractivity contribution < 1.29 is 9.59 Å². The molecule has 2 heterocycles. The molecule has 1 aromatic rings. The molecule has 0 spiro atoms. The second kappa shape index (κ2) is 4.36. The van der Waals surface area contributed by atoms with Crippen LogP contribution in [0.4, 0.5) is 0 Å². The molecular weight excluding hydrogens is 244 g/mol. The molecule has 2 rings (SSSR count). The molecule has 1 aliphatic rings. The van der Waals surface area contributed by atoms with Gasteiger partial charge >= 0.3 is 0 Å². The van der Waals surface area contributed by atoms with Crippen LogP contribution in [0.1, 0.15) is 32.2 Å². The van der Waals surface area contributed by atoms with Crippen molar-refractivity contribution >= 4 is 11.8 Å². The van der Waals surface area contributed by atoms with Crippen molar-refractivity contribution in [1.29, 1.82) is 0 Å². The van der Waals surface area contributed by atoms with Crippen molar-refractivity contribution in [1.82, 2.24) is 20.0 Å². The Morgan fingerprint density at radius 2 is 2.05 bits per heavy atom. The Morgan fingerprint density at radius 3 is 2.58 bits per heavy atom. The van der Waals surface area contributed by atoms with Gasteiger partial charge in [-0.1, -0.05) is 0 Å². The average Bonchev–Trinajstić information content (AvgIpc) is 2.60. The highest BCUT2D eigenvalue weighted by molar-refractivity contribution is 5.99. The van der Waals surface area contributed by atoms with Gasteiger partial charge in [0.2, 0.25) is 11.8 Å². The minimum absolute atomic E-state index is 0.0709. The molecule has 1 aliphatic heterocycles. The summed E-state index contributed by atoms with van der Waals surface area (Å²) in [7, 11) is 1.84. The molecule has 1 fully saturated rings. The molecule has 1 N–H and O–H groups in total. The molecule has 6 nitrogen and oxygen atoms in total. The normalized spacial score (nSPS) is 22.6. The SMILES string of the molecule is Cc1cc(CN2C(=O)C(C)(C)NC(=O)C2C)n(C)n1. The Labute approximate surface area is 112 Å². The number of amides is 2. The average molecular weight is 264 g/mol. The van der Waals surface area contributed by atoms with E-state index in [1.807, 2.05) is 20.0 Å². The third kappa shape index (κ3) is 2.34. The first-order valence-corrected chi connectivity index (χ1v) is 6.35. The molecule has 0 aromatic carbocycles. The standard InChI is InChI=1S/C13H20N4O2/c1-8-6-10(16(5)15-8)7-17-9(2)11(18)14-13(3,4)12(17)19/h6,9H,7H2,1-5H3,(H,14,18). The van der Waals surface area contributed by atoms with Crippen molar-refractivity contribution in [3.8, 4) is 0 Å². The number of rotatable bonds is 2. The van der Waals surface area contributed by atoms with Crippen LogP contribution in [0, 0.1) is 6.92 Å². The third-order valence-electron chi connectivity index (χ3n) is 3.51. The molecule has 19 heavy (non-hydrogen) atoms. The molecule has 0 radical (unpaired) electrons. The molecule has 6 heteroatoms. The van der Waals surface area contributed by atoms with Crippen molar-refractivity contribution in [3.63, 3.8) is 0 Å². The zero-order valence-electron chi connectivity index (χ0n) is 12.0. The Balaban J connectivity index is 2.29. The predicted octanol–water partition coefficient (Wildman–Crippen LogP) is 0.354. The molecule has 104 valence electrons. The van der Waals surface area contributed by atoms with Gasteiger partial charge in [-0.25, -0.2) is 0 Å². The van der Waals surface area contributed by atoms with Crippen LogP contribution in [-0.4, -0.2) is 38.1 Å². The number of hydrogen-bond acceptors (Lipinski definition) is 3. The fraction of sp³-hybridized carbons (Fsp3) is 0.615. The maximum Gasteiger partial charge on any atom is 0.248 e. The van der Waals surface area contributed by atoms with E-state index in [0.29, 0.717) is 6.54 Å². The lowest BCUT2D eigenvalue weighted by Gasteiger charge is -2.41. The number of carbonyl (C=O) groups excluding carboxylic acids is 2. The van der Waals surface area contributed by atoms with E-state index in [1.165, 1.54) is 0 Å². The summed E-state index contributed by atoms with van der Waals surface area (Å²) in [5, 5.41) is 7.00. The van der Waals surface area contributed by atoms with Gasteiger partial charge in [0.1, 0.15) is 11.6 Å². The van der Waals surface area contributed by atoms with Gasteiger partial charge in [0.15, 0.2) is 0 Å². The second-order valence-corrected chi connectivity index (χ2v) is 5.62. The molecule has 1 aromatic heterocycles. The smallest absolute Gasteiger partial charge is 0.248 e. The summed E-state index contributed by atoms with van der Waals surface area (Å²) in [5.41, 5.74) is 0.971. The van der Waals surface area contributed by atoms with Crippen LogP contribution in [-0.2, 0) is 23.2 Å². The van der Waals surface area contributed by atoms with E-state index in [9.17, 15) is 9.59 Å². The fourth-order valence-electron chi connectivity index (χ4n) is 2.34. The number of aryl methyl sites for hydroxylation is 2. The first-order chi connectivity index (χ1) is 8.72. The largest absolute Gasteiger partial charge is 0.340 e. The monoisotopic (exact) mass is 264 g/mol. The molecule has 2 amide bonds. The van der Waals surface area contributed by atoms with Gasteiger partial charge in [-0.15, -0.1) is 0 Å². The van der Waals surface area contributed by atoms with E-state index >= 15 is 0 Å².